The summed E-state index contributed by atoms with van der Waals surface area (Å²) in [6, 6.07) is 11.3. The van der Waals surface area contributed by atoms with Crippen molar-refractivity contribution in [3.05, 3.63) is 70.8 Å². The van der Waals surface area contributed by atoms with Crippen molar-refractivity contribution in [3.8, 4) is 0 Å². The summed E-state index contributed by atoms with van der Waals surface area (Å²) in [7, 11) is -3.45. The van der Waals surface area contributed by atoms with Gasteiger partial charge in [-0.05, 0) is 54.2 Å². The Kier molecular flexibility index (Phi) is 8.67. The number of hydrazone groups is 1. The number of halogens is 7. The van der Waals surface area contributed by atoms with E-state index in [2.05, 4.69) is 5.10 Å². The highest BCUT2D eigenvalue weighted by atomic mass is 35.5. The first-order chi connectivity index (χ1) is 20.1. The lowest BCUT2D eigenvalue weighted by Gasteiger charge is -2.32. The van der Waals surface area contributed by atoms with Crippen LogP contribution in [0.15, 0.2) is 59.7 Å². The van der Waals surface area contributed by atoms with Gasteiger partial charge in [-0.1, -0.05) is 67.3 Å². The Balaban J connectivity index is 1.46. The second-order valence-corrected chi connectivity index (χ2v) is 13.7. The number of hydrogen-bond acceptors (Lipinski definition) is 5. The van der Waals surface area contributed by atoms with Crippen molar-refractivity contribution >= 4 is 38.6 Å². The van der Waals surface area contributed by atoms with Gasteiger partial charge in [0.1, 0.15) is 0 Å². The summed E-state index contributed by atoms with van der Waals surface area (Å²) >= 11 is 6.28. The van der Waals surface area contributed by atoms with E-state index >= 15 is 0 Å². The smallest absolute Gasteiger partial charge is 0.369 e. The number of hydrogen-bond donors (Lipinski definition) is 1. The van der Waals surface area contributed by atoms with Crippen molar-refractivity contribution in [2.45, 2.75) is 74.2 Å². The molecule has 0 aromatic heterocycles. The van der Waals surface area contributed by atoms with Gasteiger partial charge in [-0.15, -0.1) is 0 Å². The Bertz CT molecular complexity index is 1510. The van der Waals surface area contributed by atoms with Crippen molar-refractivity contribution in [1.29, 1.82) is 0 Å². The largest absolute Gasteiger partial charge is 0.431 e. The average molecular weight is 650 g/mol. The van der Waals surface area contributed by atoms with Gasteiger partial charge in [0.15, 0.2) is 0 Å². The van der Waals surface area contributed by atoms with E-state index in [1.54, 1.807) is 36.4 Å². The minimum Gasteiger partial charge on any atom is -0.369 e. The minimum atomic E-state index is -6.08. The summed E-state index contributed by atoms with van der Waals surface area (Å²) in [5, 5.41) is 14.5. The maximum Gasteiger partial charge on any atom is 0.431 e. The normalized spacial score (nSPS) is 21.6. The minimum absolute atomic E-state index is 0.0467. The van der Waals surface area contributed by atoms with Crippen molar-refractivity contribution in [2.24, 2.45) is 5.10 Å². The van der Waals surface area contributed by atoms with Crippen LogP contribution in [0.3, 0.4) is 0 Å². The Morgan fingerprint density at radius 2 is 1.60 bits per heavy atom. The number of anilines is 1. The lowest BCUT2D eigenvalue weighted by atomic mass is 9.88. The highest BCUT2D eigenvalue weighted by Gasteiger charge is 2.74. The quantitative estimate of drug-likeness (QED) is 0.335. The SMILES string of the molecule is O=S(=O)(C1CCCCC1)N1CC=C(c2cccc(C3CC(C(O)(C(F)(F)F)C(F)(F)F)=NN3c3ccccc3Cl)c2)CC1. The molecular formula is C29H30ClF6N3O3S. The van der Waals surface area contributed by atoms with Gasteiger partial charge >= 0.3 is 12.4 Å². The van der Waals surface area contributed by atoms with Crippen LogP contribution in [0.25, 0.3) is 5.57 Å². The molecule has 6 nitrogen and oxygen atoms in total. The topological polar surface area (TPSA) is 73.2 Å². The fourth-order valence-corrected chi connectivity index (χ4v) is 8.20. The van der Waals surface area contributed by atoms with E-state index in [0.29, 0.717) is 30.4 Å². The fourth-order valence-electron chi connectivity index (χ4n) is 6.00. The molecule has 1 N–H and O–H groups in total. The van der Waals surface area contributed by atoms with Crippen LogP contribution >= 0.6 is 11.6 Å². The lowest BCUT2D eigenvalue weighted by Crippen LogP contribution is -2.62. The number of para-hydroxylation sites is 1. The van der Waals surface area contributed by atoms with Gasteiger partial charge in [-0.25, -0.2) is 8.42 Å². The summed E-state index contributed by atoms with van der Waals surface area (Å²) in [6.07, 6.45) is -6.79. The molecule has 1 unspecified atom stereocenters. The molecule has 3 aliphatic rings. The molecule has 0 radical (unpaired) electrons. The highest BCUT2D eigenvalue weighted by Crippen LogP contribution is 2.49. The van der Waals surface area contributed by atoms with Crippen LogP contribution in [0.4, 0.5) is 32.0 Å². The van der Waals surface area contributed by atoms with E-state index in [0.717, 1.165) is 29.8 Å². The Morgan fingerprint density at radius 3 is 2.21 bits per heavy atom. The number of rotatable bonds is 6. The summed E-state index contributed by atoms with van der Waals surface area (Å²) in [4.78, 5) is 0. The third kappa shape index (κ3) is 5.93. The first kappa shape index (κ1) is 31.8. The first-order valence-corrected chi connectivity index (χ1v) is 15.8. The molecule has 2 aromatic rings. The predicted octanol–water partition coefficient (Wildman–Crippen LogP) is 7.25. The second kappa shape index (κ2) is 11.7. The summed E-state index contributed by atoms with van der Waals surface area (Å²) < 4.78 is 110. The van der Waals surface area contributed by atoms with Gasteiger partial charge in [0.05, 0.1) is 27.7 Å². The molecule has 0 bridgehead atoms. The standard InChI is InChI=1S/C29H30ClF6N3O3S/c30-23-11-4-5-12-24(23)39-25(18-26(37-39)27(40,28(31,32)33)29(34,35)36)21-8-6-7-20(17-21)19-13-15-38(16-14-19)43(41,42)22-9-2-1-3-10-22/h4-8,11-13,17,22,25,40H,1-3,9-10,14-16,18H2. The molecule has 2 aliphatic heterocycles. The number of sulfonamides is 1. The zero-order valence-electron chi connectivity index (χ0n) is 22.9. The molecule has 0 amide bonds. The van der Waals surface area contributed by atoms with Crippen LogP contribution in [0.1, 0.15) is 62.1 Å². The number of benzene rings is 2. The molecule has 0 spiro atoms. The molecule has 5 rings (SSSR count). The highest BCUT2D eigenvalue weighted by molar-refractivity contribution is 7.89. The van der Waals surface area contributed by atoms with Crippen LogP contribution in [0.5, 0.6) is 0 Å². The lowest BCUT2D eigenvalue weighted by molar-refractivity contribution is -0.338. The van der Waals surface area contributed by atoms with Crippen LogP contribution < -0.4 is 5.01 Å². The van der Waals surface area contributed by atoms with Gasteiger partial charge in [-0.2, -0.15) is 35.7 Å². The van der Waals surface area contributed by atoms with E-state index in [1.165, 1.54) is 22.5 Å². The Labute approximate surface area is 250 Å². The zero-order valence-corrected chi connectivity index (χ0v) is 24.4. The van der Waals surface area contributed by atoms with E-state index in [1.807, 2.05) is 0 Å². The molecule has 1 aliphatic carbocycles. The molecule has 234 valence electrons. The zero-order chi connectivity index (χ0) is 31.2. The van der Waals surface area contributed by atoms with Crippen molar-refractivity contribution in [2.75, 3.05) is 18.1 Å². The average Bonchev–Trinajstić information content (AvgIpc) is 3.42. The van der Waals surface area contributed by atoms with Gasteiger partial charge < -0.3 is 5.11 Å². The summed E-state index contributed by atoms with van der Waals surface area (Å²) in [5.74, 6) is 0. The molecule has 1 saturated carbocycles. The Hall–Kier alpha value is -2.61. The molecule has 43 heavy (non-hydrogen) atoms. The molecule has 1 atom stereocenters. The van der Waals surface area contributed by atoms with Crippen LogP contribution in [-0.2, 0) is 10.0 Å². The van der Waals surface area contributed by atoms with Crippen LogP contribution in [0.2, 0.25) is 5.02 Å². The van der Waals surface area contributed by atoms with E-state index in [9.17, 15) is 39.9 Å². The maximum atomic E-state index is 13.8. The second-order valence-electron chi connectivity index (χ2n) is 11.0. The van der Waals surface area contributed by atoms with Gasteiger partial charge in [0.2, 0.25) is 10.0 Å². The Morgan fingerprint density at radius 1 is 0.930 bits per heavy atom. The van der Waals surface area contributed by atoms with Crippen LogP contribution in [0, 0.1) is 0 Å². The molecule has 2 heterocycles. The van der Waals surface area contributed by atoms with Crippen molar-refractivity contribution in [3.63, 3.8) is 0 Å². The molecule has 2 aromatic carbocycles. The van der Waals surface area contributed by atoms with Gasteiger partial charge in [0.25, 0.3) is 5.60 Å². The van der Waals surface area contributed by atoms with Gasteiger partial charge in [0, 0.05) is 19.5 Å². The van der Waals surface area contributed by atoms with Crippen LogP contribution in [-0.4, -0.2) is 59.8 Å². The summed E-state index contributed by atoms with van der Waals surface area (Å²) in [6.45, 7) is 0.437. The molecule has 14 heteroatoms. The molecular weight excluding hydrogens is 620 g/mol. The van der Waals surface area contributed by atoms with Crippen molar-refractivity contribution < 1.29 is 39.9 Å². The fraction of sp³-hybridized carbons (Fsp3) is 0.483. The van der Waals surface area contributed by atoms with Crippen molar-refractivity contribution in [1.82, 2.24) is 4.31 Å². The number of aliphatic hydroxyl groups is 1. The number of nitrogens with zero attached hydrogens (tertiary/aromatic N) is 3. The number of alkyl halides is 6. The maximum absolute atomic E-state index is 13.8. The predicted molar refractivity (Wildman–Crippen MR) is 152 cm³/mol. The van der Waals surface area contributed by atoms with Gasteiger partial charge in [-0.3, -0.25) is 5.01 Å². The molecule has 1 fully saturated rings. The van der Waals surface area contributed by atoms with E-state index in [-0.39, 0.29) is 29.0 Å². The molecule has 0 saturated heterocycles. The van der Waals surface area contributed by atoms with E-state index in [4.69, 9.17) is 11.6 Å². The summed E-state index contributed by atoms with van der Waals surface area (Å²) in [5.41, 5.74) is -4.78. The third-order valence-electron chi connectivity index (χ3n) is 8.40. The third-order valence-corrected chi connectivity index (χ3v) is 11.1. The van der Waals surface area contributed by atoms with E-state index < -0.39 is 46.2 Å². The first-order valence-electron chi connectivity index (χ1n) is 13.9. The monoisotopic (exact) mass is 649 g/mol.